The van der Waals surface area contributed by atoms with Crippen molar-refractivity contribution in [3.05, 3.63) is 23.2 Å². The Hall–Kier alpha value is -1.04. The number of likely N-dealkylation sites (tertiary alicyclic amines) is 1. The second kappa shape index (κ2) is 9.44. The fraction of sp³-hybridized carbons (Fsp3) is 0.667. The summed E-state index contributed by atoms with van der Waals surface area (Å²) in [6, 6.07) is 6.95. The summed E-state index contributed by atoms with van der Waals surface area (Å²) in [6.45, 7) is 4.41. The molecule has 150 valence electrons. The van der Waals surface area contributed by atoms with Gasteiger partial charge in [0.2, 0.25) is 0 Å². The molecule has 27 heavy (non-hydrogen) atoms. The van der Waals surface area contributed by atoms with Crippen molar-refractivity contribution in [2.24, 2.45) is 5.92 Å². The number of nitrogens with one attached hydrogen (secondary N) is 1. The van der Waals surface area contributed by atoms with Gasteiger partial charge in [0, 0.05) is 30.2 Å². The van der Waals surface area contributed by atoms with E-state index in [1.807, 2.05) is 18.2 Å². The van der Waals surface area contributed by atoms with E-state index >= 15 is 0 Å². The normalized spacial score (nSPS) is 24.1. The maximum Gasteiger partial charge on any atom is 0.173 e. The van der Waals surface area contributed by atoms with E-state index in [4.69, 9.17) is 28.6 Å². The monoisotopic (exact) mass is 409 g/mol. The summed E-state index contributed by atoms with van der Waals surface area (Å²) >= 11 is 11.8. The second-order valence-corrected chi connectivity index (χ2v) is 8.81. The number of methoxy groups -OCH3 is 1. The van der Waals surface area contributed by atoms with Crippen LogP contribution in [0, 0.1) is 5.92 Å². The lowest BCUT2D eigenvalue weighted by atomic mass is 9.84. The van der Waals surface area contributed by atoms with Crippen molar-refractivity contribution in [1.82, 2.24) is 9.80 Å². The Balaban J connectivity index is 1.54. The van der Waals surface area contributed by atoms with Crippen LogP contribution in [-0.4, -0.2) is 54.2 Å². The molecule has 0 aromatic heterocycles. The summed E-state index contributed by atoms with van der Waals surface area (Å²) in [4.78, 5) is 4.93. The number of benzene rings is 1. The van der Waals surface area contributed by atoms with Gasteiger partial charge in [-0.3, -0.25) is 0 Å². The van der Waals surface area contributed by atoms with Gasteiger partial charge in [-0.05, 0) is 69.1 Å². The molecule has 0 amide bonds. The molecule has 1 aromatic rings. The van der Waals surface area contributed by atoms with Crippen molar-refractivity contribution in [3.63, 3.8) is 0 Å². The predicted molar refractivity (Wildman–Crippen MR) is 118 cm³/mol. The van der Waals surface area contributed by atoms with E-state index in [0.717, 1.165) is 54.4 Å². The number of piperidine rings is 1. The fourth-order valence-electron chi connectivity index (χ4n) is 4.62. The number of anilines is 1. The number of nitrogens with zero attached hydrogens (tertiary/aromatic N) is 2. The first-order valence-electron chi connectivity index (χ1n) is 10.1. The SMILES string of the molecule is COc1ccc(Cl)cc1NC(=S)N1CCC(N(C)C2CCCCC2C)CC1. The topological polar surface area (TPSA) is 27.7 Å². The molecular weight excluding hydrogens is 378 g/mol. The van der Waals surface area contributed by atoms with Crippen LogP contribution in [0.1, 0.15) is 45.4 Å². The highest BCUT2D eigenvalue weighted by molar-refractivity contribution is 7.80. The zero-order chi connectivity index (χ0) is 19.4. The van der Waals surface area contributed by atoms with Crippen LogP contribution in [0.4, 0.5) is 5.69 Å². The van der Waals surface area contributed by atoms with Crippen molar-refractivity contribution in [1.29, 1.82) is 0 Å². The van der Waals surface area contributed by atoms with E-state index in [1.54, 1.807) is 7.11 Å². The van der Waals surface area contributed by atoms with Crippen LogP contribution >= 0.6 is 23.8 Å². The Morgan fingerprint density at radius 1 is 1.22 bits per heavy atom. The first-order chi connectivity index (χ1) is 13.0. The Morgan fingerprint density at radius 2 is 1.93 bits per heavy atom. The lowest BCUT2D eigenvalue weighted by molar-refractivity contribution is 0.0691. The third-order valence-corrected chi connectivity index (χ3v) is 6.92. The Bertz CT molecular complexity index is 648. The summed E-state index contributed by atoms with van der Waals surface area (Å²) in [5.41, 5.74) is 0.824. The highest BCUT2D eigenvalue weighted by atomic mass is 35.5. The van der Waals surface area contributed by atoms with Crippen LogP contribution in [0.15, 0.2) is 18.2 Å². The van der Waals surface area contributed by atoms with Gasteiger partial charge in [-0.1, -0.05) is 31.4 Å². The Labute approximate surface area is 174 Å². The van der Waals surface area contributed by atoms with Gasteiger partial charge in [0.1, 0.15) is 5.75 Å². The van der Waals surface area contributed by atoms with Crippen molar-refractivity contribution in [3.8, 4) is 5.75 Å². The Kier molecular flexibility index (Phi) is 7.23. The maximum atomic E-state index is 6.12. The summed E-state index contributed by atoms with van der Waals surface area (Å²) in [5, 5.41) is 4.74. The van der Waals surface area contributed by atoms with Crippen LogP contribution in [0.2, 0.25) is 5.02 Å². The van der Waals surface area contributed by atoms with Gasteiger partial charge >= 0.3 is 0 Å². The van der Waals surface area contributed by atoms with Crippen LogP contribution in [0.25, 0.3) is 0 Å². The fourth-order valence-corrected chi connectivity index (χ4v) is 5.09. The zero-order valence-corrected chi connectivity index (χ0v) is 18.3. The molecule has 1 N–H and O–H groups in total. The average molecular weight is 410 g/mol. The van der Waals surface area contributed by atoms with Crippen molar-refractivity contribution in [2.45, 2.75) is 57.5 Å². The maximum absolute atomic E-state index is 6.12. The molecule has 0 bridgehead atoms. The van der Waals surface area contributed by atoms with E-state index in [2.05, 4.69) is 29.1 Å². The average Bonchev–Trinajstić information content (AvgIpc) is 2.68. The molecule has 2 atom stereocenters. The van der Waals surface area contributed by atoms with E-state index in [-0.39, 0.29) is 0 Å². The summed E-state index contributed by atoms with van der Waals surface area (Å²) in [6.07, 6.45) is 7.84. The van der Waals surface area contributed by atoms with Gasteiger partial charge < -0.3 is 19.9 Å². The highest BCUT2D eigenvalue weighted by Crippen LogP contribution is 2.31. The van der Waals surface area contributed by atoms with Gasteiger partial charge in [-0.25, -0.2) is 0 Å². The molecule has 2 fully saturated rings. The number of rotatable bonds is 4. The molecule has 0 spiro atoms. The van der Waals surface area contributed by atoms with E-state index < -0.39 is 0 Å². The molecule has 4 nitrogen and oxygen atoms in total. The number of ether oxygens (including phenoxy) is 1. The highest BCUT2D eigenvalue weighted by Gasteiger charge is 2.31. The smallest absolute Gasteiger partial charge is 0.173 e. The van der Waals surface area contributed by atoms with Crippen LogP contribution in [0.3, 0.4) is 0 Å². The molecule has 3 rings (SSSR count). The van der Waals surface area contributed by atoms with Gasteiger partial charge in [-0.2, -0.15) is 0 Å². The molecule has 1 saturated heterocycles. The standard InChI is InChI=1S/C21H32ClN3OS/c1-15-6-4-5-7-19(15)24(2)17-10-12-25(13-11-17)21(27)23-18-14-16(22)8-9-20(18)26-3/h8-9,14-15,17,19H,4-7,10-13H2,1-3H3,(H,23,27). The first-order valence-corrected chi connectivity index (χ1v) is 10.9. The predicted octanol–water partition coefficient (Wildman–Crippen LogP) is 5.02. The molecule has 1 heterocycles. The van der Waals surface area contributed by atoms with Crippen LogP contribution in [0.5, 0.6) is 5.75 Å². The molecule has 2 aliphatic rings. The minimum Gasteiger partial charge on any atom is -0.495 e. The molecule has 1 saturated carbocycles. The van der Waals surface area contributed by atoms with Crippen molar-refractivity contribution < 1.29 is 4.74 Å². The summed E-state index contributed by atoms with van der Waals surface area (Å²) < 4.78 is 5.41. The number of thiocarbonyl (C=S) groups is 1. The first kappa shape index (κ1) is 20.7. The summed E-state index contributed by atoms with van der Waals surface area (Å²) in [7, 11) is 3.99. The molecule has 1 aliphatic carbocycles. The molecule has 1 aliphatic heterocycles. The van der Waals surface area contributed by atoms with E-state index in [0.29, 0.717) is 11.1 Å². The van der Waals surface area contributed by atoms with Gasteiger partial charge in [0.05, 0.1) is 12.8 Å². The third kappa shape index (κ3) is 5.07. The largest absolute Gasteiger partial charge is 0.495 e. The van der Waals surface area contributed by atoms with Crippen LogP contribution < -0.4 is 10.1 Å². The number of halogens is 1. The zero-order valence-electron chi connectivity index (χ0n) is 16.7. The molecule has 2 unspecified atom stereocenters. The second-order valence-electron chi connectivity index (χ2n) is 7.99. The van der Waals surface area contributed by atoms with Gasteiger partial charge in [0.15, 0.2) is 5.11 Å². The molecule has 0 radical (unpaired) electrons. The lowest BCUT2D eigenvalue weighted by Crippen LogP contribution is -2.51. The Morgan fingerprint density at radius 3 is 2.59 bits per heavy atom. The van der Waals surface area contributed by atoms with E-state index in [9.17, 15) is 0 Å². The number of hydrogen-bond acceptors (Lipinski definition) is 3. The summed E-state index contributed by atoms with van der Waals surface area (Å²) in [5.74, 6) is 1.57. The van der Waals surface area contributed by atoms with Gasteiger partial charge in [0.25, 0.3) is 0 Å². The molecule has 1 aromatic carbocycles. The van der Waals surface area contributed by atoms with Crippen molar-refractivity contribution >= 4 is 34.6 Å². The minimum absolute atomic E-state index is 0.662. The quantitative estimate of drug-likeness (QED) is 0.704. The minimum atomic E-state index is 0.662. The third-order valence-electron chi connectivity index (χ3n) is 6.32. The lowest BCUT2D eigenvalue weighted by Gasteiger charge is -2.44. The molecular formula is C21H32ClN3OS. The van der Waals surface area contributed by atoms with Gasteiger partial charge in [-0.15, -0.1) is 0 Å². The number of hydrogen-bond donors (Lipinski definition) is 1. The van der Waals surface area contributed by atoms with Crippen molar-refractivity contribution in [2.75, 3.05) is 32.6 Å². The van der Waals surface area contributed by atoms with E-state index in [1.165, 1.54) is 25.7 Å². The van der Waals surface area contributed by atoms with Crippen LogP contribution in [-0.2, 0) is 0 Å². The molecule has 6 heteroatoms.